The number of hydrazone groups is 1. The number of nitrogens with zero attached hydrogens (tertiary/aromatic N) is 2. The van der Waals surface area contributed by atoms with Crippen LogP contribution < -0.4 is 5.73 Å². The number of hydrogen-bond donors (Lipinski definition) is 1. The van der Waals surface area contributed by atoms with Crippen LogP contribution in [0.25, 0.3) is 0 Å². The average molecular weight is 113 g/mol. The van der Waals surface area contributed by atoms with Gasteiger partial charge in [0.2, 0.25) is 0 Å². The van der Waals surface area contributed by atoms with Crippen LogP contribution in [0, 0.1) is 0 Å². The summed E-state index contributed by atoms with van der Waals surface area (Å²) in [6.45, 7) is 1.99. The van der Waals surface area contributed by atoms with Crippen molar-refractivity contribution in [2.24, 2.45) is 10.8 Å². The maximum Gasteiger partial charge on any atom is 0.0989 e. The highest BCUT2D eigenvalue weighted by Gasteiger charge is 2.15. The van der Waals surface area contributed by atoms with Crippen molar-refractivity contribution in [3.05, 3.63) is 0 Å². The van der Waals surface area contributed by atoms with Crippen molar-refractivity contribution in [3.8, 4) is 0 Å². The molecule has 0 aliphatic carbocycles. The lowest BCUT2D eigenvalue weighted by molar-refractivity contribution is 0.291. The van der Waals surface area contributed by atoms with Gasteiger partial charge in [0.25, 0.3) is 0 Å². The first-order chi connectivity index (χ1) is 3.70. The molecule has 8 heavy (non-hydrogen) atoms. The summed E-state index contributed by atoms with van der Waals surface area (Å²) < 4.78 is 0. The molecule has 46 valence electrons. The fourth-order valence-electron chi connectivity index (χ4n) is 0.819. The van der Waals surface area contributed by atoms with Gasteiger partial charge >= 0.3 is 0 Å². The molecule has 3 heteroatoms. The molecule has 0 radical (unpaired) electrons. The third-order valence-electron chi connectivity index (χ3n) is 1.31. The van der Waals surface area contributed by atoms with E-state index in [1.807, 2.05) is 14.0 Å². The largest absolute Gasteiger partial charge is 0.310 e. The molecule has 0 spiro atoms. The van der Waals surface area contributed by atoms with Crippen molar-refractivity contribution in [1.82, 2.24) is 5.01 Å². The van der Waals surface area contributed by atoms with Crippen LogP contribution in [0.1, 0.15) is 13.3 Å². The summed E-state index contributed by atoms with van der Waals surface area (Å²) in [6.07, 6.45) is 1.03. The predicted molar refractivity (Wildman–Crippen MR) is 33.5 cm³/mol. The van der Waals surface area contributed by atoms with E-state index in [0.29, 0.717) is 0 Å². The van der Waals surface area contributed by atoms with E-state index in [0.717, 1.165) is 12.1 Å². The summed E-state index contributed by atoms with van der Waals surface area (Å²) in [4.78, 5) is 0. The Balaban J connectivity index is 2.56. The number of nitrogens with two attached hydrogens (primary N) is 1. The molecule has 0 aromatic carbocycles. The Morgan fingerprint density at radius 2 is 2.50 bits per heavy atom. The molecule has 1 unspecified atom stereocenters. The van der Waals surface area contributed by atoms with E-state index in [-0.39, 0.29) is 6.17 Å². The Morgan fingerprint density at radius 3 is 2.62 bits per heavy atom. The minimum Gasteiger partial charge on any atom is -0.310 e. The SMILES string of the molecule is CC1=NN(C)C(N)C1. The van der Waals surface area contributed by atoms with Crippen molar-refractivity contribution in [3.63, 3.8) is 0 Å². The van der Waals surface area contributed by atoms with Crippen molar-refractivity contribution >= 4 is 5.71 Å². The van der Waals surface area contributed by atoms with E-state index in [2.05, 4.69) is 5.10 Å². The molecule has 1 heterocycles. The first-order valence-electron chi connectivity index (χ1n) is 2.72. The van der Waals surface area contributed by atoms with Gasteiger partial charge in [-0.15, -0.1) is 0 Å². The van der Waals surface area contributed by atoms with Gasteiger partial charge in [-0.3, -0.25) is 5.01 Å². The molecule has 0 saturated heterocycles. The van der Waals surface area contributed by atoms with E-state index in [1.165, 1.54) is 0 Å². The van der Waals surface area contributed by atoms with Crippen LogP contribution in [0.15, 0.2) is 5.10 Å². The van der Waals surface area contributed by atoms with Crippen molar-refractivity contribution in [1.29, 1.82) is 0 Å². The van der Waals surface area contributed by atoms with Crippen LogP contribution in [0.2, 0.25) is 0 Å². The molecule has 0 aromatic rings. The Hall–Kier alpha value is -0.570. The summed E-state index contributed by atoms with van der Waals surface area (Å²) in [5.41, 5.74) is 6.70. The molecule has 1 atom stereocenters. The molecule has 3 nitrogen and oxygen atoms in total. The van der Waals surface area contributed by atoms with Crippen LogP contribution in [0.3, 0.4) is 0 Å². The van der Waals surface area contributed by atoms with Gasteiger partial charge in [-0.1, -0.05) is 0 Å². The van der Waals surface area contributed by atoms with Crippen LogP contribution >= 0.6 is 0 Å². The molecule has 1 rings (SSSR count). The van der Waals surface area contributed by atoms with Gasteiger partial charge in [-0.05, 0) is 6.92 Å². The highest BCUT2D eigenvalue weighted by Crippen LogP contribution is 2.06. The molecule has 0 amide bonds. The fraction of sp³-hybridized carbons (Fsp3) is 0.800. The lowest BCUT2D eigenvalue weighted by Gasteiger charge is -2.11. The molecule has 1 aliphatic heterocycles. The second kappa shape index (κ2) is 1.74. The van der Waals surface area contributed by atoms with Crippen LogP contribution in [0.4, 0.5) is 0 Å². The van der Waals surface area contributed by atoms with E-state index in [1.54, 1.807) is 5.01 Å². The Bertz CT molecular complexity index is 119. The lowest BCUT2D eigenvalue weighted by Crippen LogP contribution is -2.31. The standard InChI is InChI=1S/C5H11N3/c1-4-3-5(6)8(2)7-4/h5H,3,6H2,1-2H3. The van der Waals surface area contributed by atoms with Crippen LogP contribution in [-0.4, -0.2) is 23.9 Å². The van der Waals surface area contributed by atoms with Gasteiger partial charge in [0, 0.05) is 19.2 Å². The van der Waals surface area contributed by atoms with E-state index < -0.39 is 0 Å². The minimum atomic E-state index is 0.120. The van der Waals surface area contributed by atoms with Crippen molar-refractivity contribution in [2.45, 2.75) is 19.5 Å². The molecule has 0 fully saturated rings. The van der Waals surface area contributed by atoms with E-state index >= 15 is 0 Å². The zero-order valence-electron chi connectivity index (χ0n) is 5.26. The summed E-state index contributed by atoms with van der Waals surface area (Å²) in [5, 5.41) is 5.88. The first kappa shape index (κ1) is 5.56. The maximum atomic E-state index is 5.58. The summed E-state index contributed by atoms with van der Waals surface area (Å²) >= 11 is 0. The Kier molecular flexibility index (Phi) is 1.21. The number of hydrogen-bond acceptors (Lipinski definition) is 3. The zero-order chi connectivity index (χ0) is 6.15. The van der Waals surface area contributed by atoms with Gasteiger partial charge in [0.1, 0.15) is 0 Å². The first-order valence-corrected chi connectivity index (χ1v) is 2.72. The smallest absolute Gasteiger partial charge is 0.0989 e. The molecule has 0 saturated carbocycles. The van der Waals surface area contributed by atoms with Crippen LogP contribution in [-0.2, 0) is 0 Å². The van der Waals surface area contributed by atoms with Gasteiger partial charge in [-0.25, -0.2) is 0 Å². The Morgan fingerprint density at radius 1 is 1.88 bits per heavy atom. The van der Waals surface area contributed by atoms with Crippen molar-refractivity contribution < 1.29 is 0 Å². The highest BCUT2D eigenvalue weighted by atomic mass is 15.5. The van der Waals surface area contributed by atoms with E-state index in [9.17, 15) is 0 Å². The summed E-state index contributed by atoms with van der Waals surface area (Å²) in [5.74, 6) is 0. The lowest BCUT2D eigenvalue weighted by atomic mass is 10.3. The number of rotatable bonds is 0. The monoisotopic (exact) mass is 113 g/mol. The average Bonchev–Trinajstić information content (AvgIpc) is 1.85. The van der Waals surface area contributed by atoms with Gasteiger partial charge in [0.15, 0.2) is 0 Å². The maximum absolute atomic E-state index is 5.58. The molecule has 2 N–H and O–H groups in total. The Labute approximate surface area is 49.2 Å². The van der Waals surface area contributed by atoms with Crippen molar-refractivity contribution in [2.75, 3.05) is 7.05 Å². The zero-order valence-corrected chi connectivity index (χ0v) is 5.26. The topological polar surface area (TPSA) is 41.6 Å². The van der Waals surface area contributed by atoms with Gasteiger partial charge < -0.3 is 5.73 Å². The molecular formula is C5H11N3. The fourth-order valence-corrected chi connectivity index (χ4v) is 0.819. The molecule has 0 aromatic heterocycles. The summed E-state index contributed by atoms with van der Waals surface area (Å²) in [7, 11) is 1.89. The van der Waals surface area contributed by atoms with E-state index in [4.69, 9.17) is 5.73 Å². The molecule has 1 aliphatic rings. The third kappa shape index (κ3) is 0.816. The second-order valence-corrected chi connectivity index (χ2v) is 2.18. The quantitative estimate of drug-likeness (QED) is 0.479. The molecular weight excluding hydrogens is 102 g/mol. The molecule has 0 bridgehead atoms. The van der Waals surface area contributed by atoms with Gasteiger partial charge in [0.05, 0.1) is 6.17 Å². The highest BCUT2D eigenvalue weighted by molar-refractivity contribution is 5.83. The second-order valence-electron chi connectivity index (χ2n) is 2.18. The summed E-state index contributed by atoms with van der Waals surface area (Å²) in [6, 6.07) is 0. The van der Waals surface area contributed by atoms with Crippen LogP contribution in [0.5, 0.6) is 0 Å². The van der Waals surface area contributed by atoms with Gasteiger partial charge in [-0.2, -0.15) is 5.10 Å². The third-order valence-corrected chi connectivity index (χ3v) is 1.31. The predicted octanol–water partition coefficient (Wildman–Crippen LogP) is -0.0174. The normalized spacial score (nSPS) is 28.6. The minimum absolute atomic E-state index is 0.120.